The Morgan fingerprint density at radius 2 is 2.50 bits per heavy atom. The van der Waals surface area contributed by atoms with Gasteiger partial charge in [0.25, 0.3) is 0 Å². The van der Waals surface area contributed by atoms with Crippen LogP contribution in [-0.2, 0) is 11.3 Å². The molecular weight excluding hydrogens is 220 g/mol. The van der Waals surface area contributed by atoms with E-state index in [0.717, 1.165) is 18.4 Å². The largest absolute Gasteiger partial charge is 0.326 e. The zero-order valence-electron chi connectivity index (χ0n) is 9.43. The van der Waals surface area contributed by atoms with Crippen molar-refractivity contribution in [3.63, 3.8) is 0 Å². The number of carbonyl (C=O) groups excluding carboxylic acids is 1. The summed E-state index contributed by atoms with van der Waals surface area (Å²) in [4.78, 5) is 17.8. The van der Waals surface area contributed by atoms with E-state index in [1.807, 2.05) is 23.2 Å². The molecule has 0 aromatic carbocycles. The Balaban J connectivity index is 2.04. The first-order valence-corrected chi connectivity index (χ1v) is 6.66. The van der Waals surface area contributed by atoms with Crippen LogP contribution in [0.1, 0.15) is 25.3 Å². The van der Waals surface area contributed by atoms with Crippen molar-refractivity contribution in [1.82, 2.24) is 9.88 Å². The Labute approximate surface area is 100 Å². The van der Waals surface area contributed by atoms with Crippen LogP contribution in [0.3, 0.4) is 0 Å². The molecule has 1 aliphatic rings. The van der Waals surface area contributed by atoms with Crippen molar-refractivity contribution in [1.29, 1.82) is 0 Å². The molecule has 3 nitrogen and oxygen atoms in total. The first-order chi connectivity index (χ1) is 7.81. The van der Waals surface area contributed by atoms with E-state index < -0.39 is 0 Å². The van der Waals surface area contributed by atoms with Gasteiger partial charge >= 0.3 is 0 Å². The molecule has 1 amide bonds. The van der Waals surface area contributed by atoms with Gasteiger partial charge < -0.3 is 4.90 Å². The molecule has 16 heavy (non-hydrogen) atoms. The van der Waals surface area contributed by atoms with Crippen LogP contribution in [-0.4, -0.2) is 26.9 Å². The van der Waals surface area contributed by atoms with E-state index in [9.17, 15) is 4.79 Å². The summed E-state index contributed by atoms with van der Waals surface area (Å²) in [5.74, 6) is 0.887. The fourth-order valence-electron chi connectivity index (χ4n) is 1.87. The second kappa shape index (κ2) is 5.34. The average molecular weight is 236 g/mol. The van der Waals surface area contributed by atoms with Gasteiger partial charge in [-0.15, -0.1) is 11.8 Å². The SMILES string of the molecule is CCCC1SCC(=O)N1Cc1cccnc1. The molecule has 1 saturated heterocycles. The lowest BCUT2D eigenvalue weighted by Crippen LogP contribution is -2.32. The highest BCUT2D eigenvalue weighted by Crippen LogP contribution is 2.29. The van der Waals surface area contributed by atoms with Crippen molar-refractivity contribution in [2.45, 2.75) is 31.7 Å². The minimum Gasteiger partial charge on any atom is -0.326 e. The maximum Gasteiger partial charge on any atom is 0.233 e. The normalized spacial score (nSPS) is 20.4. The molecule has 0 spiro atoms. The second-order valence-corrected chi connectivity index (χ2v) is 5.10. The predicted octanol–water partition coefficient (Wildman–Crippen LogP) is 2.28. The van der Waals surface area contributed by atoms with Crippen molar-refractivity contribution >= 4 is 17.7 Å². The van der Waals surface area contributed by atoms with Crippen molar-refractivity contribution < 1.29 is 4.79 Å². The molecule has 1 unspecified atom stereocenters. The van der Waals surface area contributed by atoms with Gasteiger partial charge in [-0.05, 0) is 18.1 Å². The Bertz CT molecular complexity index is 355. The molecule has 4 heteroatoms. The third-order valence-corrected chi connectivity index (χ3v) is 3.97. The minimum atomic E-state index is 0.257. The van der Waals surface area contributed by atoms with Gasteiger partial charge in [0, 0.05) is 18.9 Å². The summed E-state index contributed by atoms with van der Waals surface area (Å²) in [6, 6.07) is 3.93. The van der Waals surface area contributed by atoms with E-state index in [1.54, 1.807) is 18.0 Å². The molecule has 1 aromatic rings. The van der Waals surface area contributed by atoms with Gasteiger partial charge in [-0.1, -0.05) is 19.4 Å². The number of hydrogen-bond donors (Lipinski definition) is 0. The minimum absolute atomic E-state index is 0.257. The predicted molar refractivity (Wildman–Crippen MR) is 65.9 cm³/mol. The molecule has 2 rings (SSSR count). The van der Waals surface area contributed by atoms with E-state index in [-0.39, 0.29) is 5.91 Å². The maximum atomic E-state index is 11.7. The van der Waals surface area contributed by atoms with Gasteiger partial charge in [-0.3, -0.25) is 9.78 Å². The number of rotatable bonds is 4. The number of hydrogen-bond acceptors (Lipinski definition) is 3. The van der Waals surface area contributed by atoms with Crippen LogP contribution in [0.2, 0.25) is 0 Å². The third kappa shape index (κ3) is 2.55. The Morgan fingerprint density at radius 1 is 1.62 bits per heavy atom. The lowest BCUT2D eigenvalue weighted by atomic mass is 10.2. The monoisotopic (exact) mass is 236 g/mol. The summed E-state index contributed by atoms with van der Waals surface area (Å²) >= 11 is 1.76. The summed E-state index contributed by atoms with van der Waals surface area (Å²) in [7, 11) is 0. The fourth-order valence-corrected chi connectivity index (χ4v) is 3.14. The number of nitrogens with zero attached hydrogens (tertiary/aromatic N) is 2. The van der Waals surface area contributed by atoms with Gasteiger partial charge in [0.15, 0.2) is 0 Å². The van der Waals surface area contributed by atoms with E-state index >= 15 is 0 Å². The summed E-state index contributed by atoms with van der Waals surface area (Å²) in [6.45, 7) is 2.86. The Hall–Kier alpha value is -1.03. The van der Waals surface area contributed by atoms with Gasteiger partial charge in [0.05, 0.1) is 11.1 Å². The highest BCUT2D eigenvalue weighted by Gasteiger charge is 2.30. The smallest absolute Gasteiger partial charge is 0.233 e. The second-order valence-electron chi connectivity index (χ2n) is 3.94. The molecular formula is C12H16N2OS. The van der Waals surface area contributed by atoms with Crippen molar-refractivity contribution in [2.24, 2.45) is 0 Å². The summed E-state index contributed by atoms with van der Waals surface area (Å²) in [5, 5.41) is 0.359. The zero-order chi connectivity index (χ0) is 11.4. The quantitative estimate of drug-likeness (QED) is 0.804. The first-order valence-electron chi connectivity index (χ1n) is 5.61. The first kappa shape index (κ1) is 11.5. The third-order valence-electron chi connectivity index (χ3n) is 2.68. The Morgan fingerprint density at radius 3 is 3.19 bits per heavy atom. The number of aromatic nitrogens is 1. The molecule has 0 aliphatic carbocycles. The number of amides is 1. The van der Waals surface area contributed by atoms with Crippen molar-refractivity contribution in [3.05, 3.63) is 30.1 Å². The topological polar surface area (TPSA) is 33.2 Å². The molecule has 1 fully saturated rings. The van der Waals surface area contributed by atoms with Gasteiger partial charge in [-0.2, -0.15) is 0 Å². The van der Waals surface area contributed by atoms with Crippen LogP contribution in [0.25, 0.3) is 0 Å². The van der Waals surface area contributed by atoms with Crippen LogP contribution in [0.4, 0.5) is 0 Å². The van der Waals surface area contributed by atoms with E-state index in [2.05, 4.69) is 11.9 Å². The summed E-state index contributed by atoms with van der Waals surface area (Å²) in [6.07, 6.45) is 5.79. The molecule has 0 N–H and O–H groups in total. The Kier molecular flexibility index (Phi) is 3.83. The summed E-state index contributed by atoms with van der Waals surface area (Å²) < 4.78 is 0. The summed E-state index contributed by atoms with van der Waals surface area (Å²) in [5.41, 5.74) is 1.11. The lowest BCUT2D eigenvalue weighted by molar-refractivity contribution is -0.128. The van der Waals surface area contributed by atoms with E-state index in [0.29, 0.717) is 17.7 Å². The molecule has 2 heterocycles. The number of pyridine rings is 1. The van der Waals surface area contributed by atoms with Crippen LogP contribution >= 0.6 is 11.8 Å². The fraction of sp³-hybridized carbons (Fsp3) is 0.500. The standard InChI is InChI=1S/C12H16N2OS/c1-2-4-12-14(11(15)9-16-12)8-10-5-3-6-13-7-10/h3,5-7,12H,2,4,8-9H2,1H3. The highest BCUT2D eigenvalue weighted by molar-refractivity contribution is 8.00. The average Bonchev–Trinajstić information content (AvgIpc) is 2.64. The molecule has 0 bridgehead atoms. The van der Waals surface area contributed by atoms with Gasteiger partial charge in [-0.25, -0.2) is 0 Å². The molecule has 0 saturated carbocycles. The van der Waals surface area contributed by atoms with Crippen LogP contribution in [0, 0.1) is 0 Å². The molecule has 1 atom stereocenters. The van der Waals surface area contributed by atoms with Crippen molar-refractivity contribution in [2.75, 3.05) is 5.75 Å². The van der Waals surface area contributed by atoms with Crippen molar-refractivity contribution in [3.8, 4) is 0 Å². The molecule has 1 aliphatic heterocycles. The van der Waals surface area contributed by atoms with Crippen LogP contribution in [0.15, 0.2) is 24.5 Å². The van der Waals surface area contributed by atoms with E-state index in [4.69, 9.17) is 0 Å². The highest BCUT2D eigenvalue weighted by atomic mass is 32.2. The molecule has 86 valence electrons. The number of carbonyl (C=O) groups is 1. The lowest BCUT2D eigenvalue weighted by Gasteiger charge is -2.23. The van der Waals surface area contributed by atoms with E-state index in [1.165, 1.54) is 0 Å². The van der Waals surface area contributed by atoms with Crippen LogP contribution < -0.4 is 0 Å². The maximum absolute atomic E-state index is 11.7. The van der Waals surface area contributed by atoms with Gasteiger partial charge in [0.1, 0.15) is 0 Å². The van der Waals surface area contributed by atoms with Crippen LogP contribution in [0.5, 0.6) is 0 Å². The number of thioether (sulfide) groups is 1. The zero-order valence-corrected chi connectivity index (χ0v) is 10.2. The molecule has 0 radical (unpaired) electrons. The van der Waals surface area contributed by atoms with Gasteiger partial charge in [0.2, 0.25) is 5.91 Å². The molecule has 1 aromatic heterocycles.